The average molecular weight is 475 g/mol. The molecule has 0 heterocycles. The molecule has 2 aromatic rings. The molecule has 6 nitrogen and oxygen atoms in total. The number of aliphatic hydroxyl groups excluding tert-OH is 2. The van der Waals surface area contributed by atoms with Crippen LogP contribution in [0.1, 0.15) is 24.0 Å². The summed E-state index contributed by atoms with van der Waals surface area (Å²) in [4.78, 5) is 0. The van der Waals surface area contributed by atoms with Crippen LogP contribution in [-0.2, 0) is 31.8 Å². The van der Waals surface area contributed by atoms with Crippen molar-refractivity contribution in [1.82, 2.24) is 0 Å². The fourth-order valence-electron chi connectivity index (χ4n) is 4.05. The van der Waals surface area contributed by atoms with E-state index < -0.39 is 0 Å². The van der Waals surface area contributed by atoms with E-state index in [1.165, 1.54) is 11.1 Å². The molecule has 0 radical (unpaired) electrons. The summed E-state index contributed by atoms with van der Waals surface area (Å²) in [6, 6.07) is 21.3. The highest BCUT2D eigenvalue weighted by Gasteiger charge is 2.23. The Morgan fingerprint density at radius 3 is 1.53 bits per heavy atom. The van der Waals surface area contributed by atoms with Gasteiger partial charge in [-0.15, -0.1) is 0 Å². The maximum absolute atomic E-state index is 8.87. The second-order valence-electron chi connectivity index (χ2n) is 8.40. The third-order valence-electron chi connectivity index (χ3n) is 5.76. The maximum Gasteiger partial charge on any atom is 0.0701 e. The molecule has 190 valence electrons. The SMILES string of the molecule is OCCOCCOCCC[C@@H](Cc1ccccc1)[C@@H](COCCOCCO)Cc1ccccc1. The first-order chi connectivity index (χ1) is 16.8. The van der Waals surface area contributed by atoms with Crippen LogP contribution in [0.2, 0.25) is 0 Å². The Morgan fingerprint density at radius 1 is 0.529 bits per heavy atom. The quantitative estimate of drug-likeness (QED) is 0.270. The molecule has 0 aliphatic rings. The molecule has 0 aromatic heterocycles. The van der Waals surface area contributed by atoms with Gasteiger partial charge in [0.25, 0.3) is 0 Å². The zero-order valence-electron chi connectivity index (χ0n) is 20.4. The van der Waals surface area contributed by atoms with Gasteiger partial charge in [0.2, 0.25) is 0 Å². The number of benzene rings is 2. The normalized spacial score (nSPS) is 13.1. The first kappa shape index (κ1) is 28.4. The maximum atomic E-state index is 8.87. The van der Waals surface area contributed by atoms with Crippen LogP contribution in [-0.4, -0.2) is 76.3 Å². The Labute approximate surface area is 204 Å². The molecule has 0 unspecified atom stereocenters. The zero-order chi connectivity index (χ0) is 24.1. The molecule has 2 aromatic carbocycles. The summed E-state index contributed by atoms with van der Waals surface area (Å²) >= 11 is 0. The molecule has 2 atom stereocenters. The standard InChI is InChI=1S/C28H42O6/c29-13-16-32-19-18-31-15-7-12-27(22-25-8-3-1-4-9-25)28(23-26-10-5-2-6-11-26)24-34-21-20-33-17-14-30/h1-6,8-11,27-30H,7,12-24H2/t27-,28+/m0/s1. The molecule has 34 heavy (non-hydrogen) atoms. The molecule has 6 heteroatoms. The van der Waals surface area contributed by atoms with Crippen molar-refractivity contribution in [1.29, 1.82) is 0 Å². The lowest BCUT2D eigenvalue weighted by molar-refractivity contribution is 0.0112. The number of hydrogen-bond donors (Lipinski definition) is 2. The fraction of sp³-hybridized carbons (Fsp3) is 0.571. The molecule has 0 fully saturated rings. The van der Waals surface area contributed by atoms with Crippen molar-refractivity contribution in [3.8, 4) is 0 Å². The van der Waals surface area contributed by atoms with Crippen LogP contribution >= 0.6 is 0 Å². The van der Waals surface area contributed by atoms with Gasteiger partial charge in [0, 0.05) is 6.61 Å². The molecule has 0 saturated heterocycles. The number of hydrogen-bond acceptors (Lipinski definition) is 6. The molecule has 0 saturated carbocycles. The van der Waals surface area contributed by atoms with E-state index in [0.717, 1.165) is 25.7 Å². The molecular formula is C28H42O6. The summed E-state index contributed by atoms with van der Waals surface area (Å²) in [7, 11) is 0. The van der Waals surface area contributed by atoms with Crippen LogP contribution in [0.5, 0.6) is 0 Å². The van der Waals surface area contributed by atoms with E-state index in [0.29, 0.717) is 64.7 Å². The predicted octanol–water partition coefficient (Wildman–Crippen LogP) is 3.54. The first-order valence-corrected chi connectivity index (χ1v) is 12.4. The van der Waals surface area contributed by atoms with Gasteiger partial charge >= 0.3 is 0 Å². The molecule has 0 spiro atoms. The third kappa shape index (κ3) is 13.2. The number of rotatable bonds is 21. The third-order valence-corrected chi connectivity index (χ3v) is 5.76. The largest absolute Gasteiger partial charge is 0.394 e. The van der Waals surface area contributed by atoms with E-state index in [2.05, 4.69) is 60.7 Å². The van der Waals surface area contributed by atoms with Crippen LogP contribution in [0.4, 0.5) is 0 Å². The molecule has 2 rings (SSSR count). The van der Waals surface area contributed by atoms with Crippen molar-refractivity contribution in [2.45, 2.75) is 25.7 Å². The Kier molecular flexibility index (Phi) is 16.3. The highest BCUT2D eigenvalue weighted by Crippen LogP contribution is 2.27. The van der Waals surface area contributed by atoms with Crippen molar-refractivity contribution < 1.29 is 29.2 Å². The van der Waals surface area contributed by atoms with Crippen LogP contribution in [0.3, 0.4) is 0 Å². The molecule has 0 aliphatic carbocycles. The molecule has 0 aliphatic heterocycles. The van der Waals surface area contributed by atoms with Crippen molar-refractivity contribution in [2.24, 2.45) is 11.8 Å². The van der Waals surface area contributed by atoms with Gasteiger partial charge in [0.15, 0.2) is 0 Å². The monoisotopic (exact) mass is 474 g/mol. The lowest BCUT2D eigenvalue weighted by Gasteiger charge is -2.28. The zero-order valence-corrected chi connectivity index (χ0v) is 20.4. The first-order valence-electron chi connectivity index (χ1n) is 12.4. The Balaban J connectivity index is 1.95. The lowest BCUT2D eigenvalue weighted by atomic mass is 9.80. The van der Waals surface area contributed by atoms with Crippen molar-refractivity contribution in [3.63, 3.8) is 0 Å². The highest BCUT2D eigenvalue weighted by molar-refractivity contribution is 5.17. The van der Waals surface area contributed by atoms with Crippen molar-refractivity contribution in [3.05, 3.63) is 71.8 Å². The highest BCUT2D eigenvalue weighted by atomic mass is 16.5. The van der Waals surface area contributed by atoms with E-state index in [4.69, 9.17) is 29.2 Å². The average Bonchev–Trinajstić information content (AvgIpc) is 2.87. The summed E-state index contributed by atoms with van der Waals surface area (Å²) in [6.07, 6.45) is 3.99. The second kappa shape index (κ2) is 19.5. The molecular weight excluding hydrogens is 432 g/mol. The minimum absolute atomic E-state index is 0.0331. The van der Waals surface area contributed by atoms with E-state index >= 15 is 0 Å². The van der Waals surface area contributed by atoms with E-state index in [-0.39, 0.29) is 13.2 Å². The minimum atomic E-state index is 0.0331. The van der Waals surface area contributed by atoms with Crippen LogP contribution in [0.15, 0.2) is 60.7 Å². The van der Waals surface area contributed by atoms with Gasteiger partial charge < -0.3 is 29.2 Å². The van der Waals surface area contributed by atoms with E-state index in [9.17, 15) is 0 Å². The summed E-state index contributed by atoms with van der Waals surface area (Å²) in [6.45, 7) is 4.23. The van der Waals surface area contributed by atoms with Crippen LogP contribution in [0, 0.1) is 11.8 Å². The number of aliphatic hydroxyl groups is 2. The topological polar surface area (TPSA) is 77.4 Å². The van der Waals surface area contributed by atoms with E-state index in [1.807, 2.05) is 0 Å². The fourth-order valence-corrected chi connectivity index (χ4v) is 4.05. The van der Waals surface area contributed by atoms with Gasteiger partial charge in [0.1, 0.15) is 0 Å². The van der Waals surface area contributed by atoms with Crippen LogP contribution < -0.4 is 0 Å². The Hall–Kier alpha value is -1.80. The summed E-state index contributed by atoms with van der Waals surface area (Å²) in [5, 5.41) is 17.6. The van der Waals surface area contributed by atoms with Crippen molar-refractivity contribution in [2.75, 3.05) is 66.1 Å². The van der Waals surface area contributed by atoms with Gasteiger partial charge in [-0.05, 0) is 48.6 Å². The van der Waals surface area contributed by atoms with Gasteiger partial charge in [-0.25, -0.2) is 0 Å². The smallest absolute Gasteiger partial charge is 0.0701 e. The Morgan fingerprint density at radius 2 is 1.00 bits per heavy atom. The number of ether oxygens (including phenoxy) is 4. The van der Waals surface area contributed by atoms with Gasteiger partial charge in [-0.2, -0.15) is 0 Å². The van der Waals surface area contributed by atoms with Crippen LogP contribution in [0.25, 0.3) is 0 Å². The summed E-state index contributed by atoms with van der Waals surface area (Å²) < 4.78 is 22.4. The summed E-state index contributed by atoms with van der Waals surface area (Å²) in [5.41, 5.74) is 2.66. The van der Waals surface area contributed by atoms with Gasteiger partial charge in [0.05, 0.1) is 59.5 Å². The van der Waals surface area contributed by atoms with E-state index in [1.54, 1.807) is 0 Å². The molecule has 2 N–H and O–H groups in total. The minimum Gasteiger partial charge on any atom is -0.394 e. The van der Waals surface area contributed by atoms with Crippen molar-refractivity contribution >= 4 is 0 Å². The Bertz CT molecular complexity index is 697. The molecule has 0 bridgehead atoms. The van der Waals surface area contributed by atoms with Gasteiger partial charge in [-0.1, -0.05) is 60.7 Å². The second-order valence-corrected chi connectivity index (χ2v) is 8.40. The van der Waals surface area contributed by atoms with Gasteiger partial charge in [-0.3, -0.25) is 0 Å². The lowest BCUT2D eigenvalue weighted by Crippen LogP contribution is -2.26. The molecule has 0 amide bonds. The summed E-state index contributed by atoms with van der Waals surface area (Å²) in [5.74, 6) is 0.823. The predicted molar refractivity (Wildman–Crippen MR) is 134 cm³/mol.